The second kappa shape index (κ2) is 6.76. The molecular formula is C17H24ClN3O3. The molecule has 3 rings (SSSR count). The van der Waals surface area contributed by atoms with Crippen LogP contribution in [0, 0.1) is 0 Å². The molecule has 0 radical (unpaired) electrons. The van der Waals surface area contributed by atoms with Crippen LogP contribution in [0.25, 0.3) is 0 Å². The average Bonchev–Trinajstić information content (AvgIpc) is 2.90. The van der Waals surface area contributed by atoms with Gasteiger partial charge in [0.05, 0.1) is 11.1 Å². The van der Waals surface area contributed by atoms with Gasteiger partial charge in [-0.1, -0.05) is 11.6 Å². The van der Waals surface area contributed by atoms with Gasteiger partial charge < -0.3 is 14.4 Å². The molecule has 0 saturated carbocycles. The van der Waals surface area contributed by atoms with Crippen molar-refractivity contribution in [3.8, 4) is 5.88 Å². The number of ether oxygens (including phenoxy) is 2. The first-order valence-electron chi connectivity index (χ1n) is 8.32. The van der Waals surface area contributed by atoms with Crippen molar-refractivity contribution < 1.29 is 14.3 Å². The first-order valence-corrected chi connectivity index (χ1v) is 8.70. The molecular weight excluding hydrogens is 330 g/mol. The Balaban J connectivity index is 1.63. The van der Waals surface area contributed by atoms with E-state index in [4.69, 9.17) is 21.1 Å². The number of aromatic nitrogens is 1. The highest BCUT2D eigenvalue weighted by molar-refractivity contribution is 6.30. The summed E-state index contributed by atoms with van der Waals surface area (Å²) in [6.07, 6.45) is 2.27. The maximum atomic E-state index is 12.3. The molecule has 2 aliphatic rings. The lowest BCUT2D eigenvalue weighted by molar-refractivity contribution is 0.000706. The highest BCUT2D eigenvalue weighted by Crippen LogP contribution is 2.27. The number of fused-ring (bicyclic) bond motifs is 1. The summed E-state index contributed by atoms with van der Waals surface area (Å²) < 4.78 is 11.5. The molecule has 2 fully saturated rings. The van der Waals surface area contributed by atoms with Gasteiger partial charge in [-0.2, -0.15) is 0 Å². The number of rotatable bonds is 2. The average molecular weight is 354 g/mol. The zero-order valence-electron chi connectivity index (χ0n) is 14.4. The van der Waals surface area contributed by atoms with Crippen molar-refractivity contribution in [3.05, 3.63) is 23.4 Å². The van der Waals surface area contributed by atoms with E-state index in [1.807, 2.05) is 20.8 Å². The van der Waals surface area contributed by atoms with Crippen LogP contribution in [0.4, 0.5) is 4.79 Å². The highest BCUT2D eigenvalue weighted by Gasteiger charge is 2.41. The largest absolute Gasteiger partial charge is 0.473 e. The molecule has 2 aliphatic heterocycles. The van der Waals surface area contributed by atoms with Crippen molar-refractivity contribution in [2.45, 2.75) is 44.9 Å². The standard InChI is InChI=1S/C17H24ClN3O3/c1-17(2,3)24-16(22)21-9-8-20-7-6-14(13(20)11-21)23-15-5-4-12(18)10-19-15/h4-5,10,13-14H,6-9,11H2,1-3H3. The van der Waals surface area contributed by atoms with E-state index in [2.05, 4.69) is 9.88 Å². The molecule has 1 aromatic heterocycles. The molecule has 1 amide bonds. The third-order valence-electron chi connectivity index (χ3n) is 4.29. The van der Waals surface area contributed by atoms with Gasteiger partial charge in [0.15, 0.2) is 0 Å². The van der Waals surface area contributed by atoms with Crippen LogP contribution < -0.4 is 4.74 Å². The number of halogens is 1. The van der Waals surface area contributed by atoms with E-state index in [1.54, 1.807) is 23.2 Å². The Morgan fingerprint density at radius 1 is 1.29 bits per heavy atom. The lowest BCUT2D eigenvalue weighted by atomic mass is 10.1. The number of nitrogens with zero attached hydrogens (tertiary/aromatic N) is 3. The quantitative estimate of drug-likeness (QED) is 0.818. The third kappa shape index (κ3) is 4.11. The smallest absolute Gasteiger partial charge is 0.410 e. The Hall–Kier alpha value is -1.53. The fourth-order valence-electron chi connectivity index (χ4n) is 3.18. The minimum absolute atomic E-state index is 0.0175. The molecule has 0 aromatic carbocycles. The normalized spacial score (nSPS) is 24.6. The summed E-state index contributed by atoms with van der Waals surface area (Å²) in [5, 5.41) is 0.587. The number of carbonyl (C=O) groups excluding carboxylic acids is 1. The summed E-state index contributed by atoms with van der Waals surface area (Å²) in [5.41, 5.74) is -0.479. The van der Waals surface area contributed by atoms with Gasteiger partial charge in [0, 0.05) is 38.4 Å². The SMILES string of the molecule is CC(C)(C)OC(=O)N1CCN2CCC(Oc3ccc(Cl)cn3)C2C1. The molecule has 7 heteroatoms. The first-order chi connectivity index (χ1) is 11.3. The molecule has 132 valence electrons. The van der Waals surface area contributed by atoms with Crippen LogP contribution in [0.1, 0.15) is 27.2 Å². The molecule has 2 atom stereocenters. The Morgan fingerprint density at radius 2 is 2.08 bits per heavy atom. The summed E-state index contributed by atoms with van der Waals surface area (Å²) in [5.74, 6) is 0.570. The van der Waals surface area contributed by atoms with E-state index in [1.165, 1.54) is 0 Å². The Morgan fingerprint density at radius 3 is 2.75 bits per heavy atom. The minimum Gasteiger partial charge on any atom is -0.473 e. The van der Waals surface area contributed by atoms with Crippen molar-refractivity contribution in [1.29, 1.82) is 0 Å². The van der Waals surface area contributed by atoms with Crippen molar-refractivity contribution in [3.63, 3.8) is 0 Å². The van der Waals surface area contributed by atoms with Gasteiger partial charge in [0.25, 0.3) is 0 Å². The predicted molar refractivity (Wildman–Crippen MR) is 91.4 cm³/mol. The number of pyridine rings is 1. The number of piperazine rings is 1. The number of carbonyl (C=O) groups is 1. The molecule has 0 bridgehead atoms. The number of hydrogen-bond donors (Lipinski definition) is 0. The fraction of sp³-hybridized carbons (Fsp3) is 0.647. The van der Waals surface area contributed by atoms with Gasteiger partial charge in [-0.15, -0.1) is 0 Å². The van der Waals surface area contributed by atoms with Crippen molar-refractivity contribution in [2.24, 2.45) is 0 Å². The first kappa shape index (κ1) is 17.3. The summed E-state index contributed by atoms with van der Waals surface area (Å²) in [6.45, 7) is 8.78. The Bertz CT molecular complexity index is 588. The van der Waals surface area contributed by atoms with E-state index in [0.717, 1.165) is 19.5 Å². The number of hydrogen-bond acceptors (Lipinski definition) is 5. The topological polar surface area (TPSA) is 54.9 Å². The zero-order valence-corrected chi connectivity index (χ0v) is 15.1. The van der Waals surface area contributed by atoms with E-state index in [9.17, 15) is 4.79 Å². The van der Waals surface area contributed by atoms with Crippen molar-refractivity contribution >= 4 is 17.7 Å². The maximum absolute atomic E-state index is 12.3. The van der Waals surface area contributed by atoms with E-state index >= 15 is 0 Å². The summed E-state index contributed by atoms with van der Waals surface area (Å²) in [6, 6.07) is 3.72. The van der Waals surface area contributed by atoms with Crippen LogP contribution in [0.2, 0.25) is 5.02 Å². The van der Waals surface area contributed by atoms with Crippen molar-refractivity contribution in [1.82, 2.24) is 14.8 Å². The molecule has 0 aliphatic carbocycles. The zero-order chi connectivity index (χ0) is 17.3. The lowest BCUT2D eigenvalue weighted by Crippen LogP contribution is -2.56. The Kier molecular flexibility index (Phi) is 4.88. The molecule has 2 saturated heterocycles. The van der Waals surface area contributed by atoms with Crippen LogP contribution in [-0.2, 0) is 4.74 Å². The van der Waals surface area contributed by atoms with Crippen LogP contribution in [0.15, 0.2) is 18.3 Å². The van der Waals surface area contributed by atoms with Gasteiger partial charge in [0.1, 0.15) is 11.7 Å². The van der Waals surface area contributed by atoms with E-state index in [-0.39, 0.29) is 18.2 Å². The minimum atomic E-state index is -0.479. The predicted octanol–water partition coefficient (Wildman–Crippen LogP) is 2.81. The van der Waals surface area contributed by atoms with Crippen molar-refractivity contribution in [2.75, 3.05) is 26.2 Å². The second-order valence-corrected chi connectivity index (χ2v) is 7.73. The fourth-order valence-corrected chi connectivity index (χ4v) is 3.29. The number of amides is 1. The molecule has 0 spiro atoms. The Labute approximate surface area is 147 Å². The van der Waals surface area contributed by atoms with Crippen LogP contribution >= 0.6 is 11.6 Å². The lowest BCUT2D eigenvalue weighted by Gasteiger charge is -2.39. The molecule has 0 N–H and O–H groups in total. The summed E-state index contributed by atoms with van der Waals surface area (Å²) >= 11 is 5.86. The van der Waals surface area contributed by atoms with Crippen LogP contribution in [-0.4, -0.2) is 64.8 Å². The van der Waals surface area contributed by atoms with Gasteiger partial charge in [0.2, 0.25) is 5.88 Å². The van der Waals surface area contributed by atoms with E-state index < -0.39 is 5.60 Å². The summed E-state index contributed by atoms with van der Waals surface area (Å²) in [4.78, 5) is 20.7. The third-order valence-corrected chi connectivity index (χ3v) is 4.51. The van der Waals surface area contributed by atoms with Gasteiger partial charge in [-0.05, 0) is 33.3 Å². The van der Waals surface area contributed by atoms with Crippen LogP contribution in [0.3, 0.4) is 0 Å². The monoisotopic (exact) mass is 353 g/mol. The van der Waals surface area contributed by atoms with Gasteiger partial charge in [-0.3, -0.25) is 4.90 Å². The van der Waals surface area contributed by atoms with Gasteiger partial charge in [-0.25, -0.2) is 9.78 Å². The second-order valence-electron chi connectivity index (χ2n) is 7.29. The maximum Gasteiger partial charge on any atom is 0.410 e. The molecule has 1 aromatic rings. The van der Waals surface area contributed by atoms with Gasteiger partial charge >= 0.3 is 6.09 Å². The summed E-state index contributed by atoms with van der Waals surface area (Å²) in [7, 11) is 0. The molecule has 6 nitrogen and oxygen atoms in total. The molecule has 2 unspecified atom stereocenters. The van der Waals surface area contributed by atoms with E-state index in [0.29, 0.717) is 24.0 Å². The van der Waals surface area contributed by atoms with Crippen LogP contribution in [0.5, 0.6) is 5.88 Å². The molecule has 24 heavy (non-hydrogen) atoms. The highest BCUT2D eigenvalue weighted by atomic mass is 35.5. The molecule has 3 heterocycles.